The summed E-state index contributed by atoms with van der Waals surface area (Å²) >= 11 is 0. The Kier molecular flexibility index (Phi) is 6.83. The molecule has 0 fully saturated rings. The van der Waals surface area contributed by atoms with Crippen LogP contribution in [0, 0.1) is 0 Å². The molecule has 0 bridgehead atoms. The Morgan fingerprint density at radius 3 is 3.05 bits per heavy atom. The van der Waals surface area contributed by atoms with E-state index in [4.69, 9.17) is 4.74 Å². The van der Waals surface area contributed by atoms with E-state index in [0.717, 1.165) is 12.8 Å². The number of methoxy groups -OCH3 is 1. The maximum absolute atomic E-state index is 12.1. The summed E-state index contributed by atoms with van der Waals surface area (Å²) < 4.78 is 4.95. The number of aromatic nitrogens is 2. The summed E-state index contributed by atoms with van der Waals surface area (Å²) in [7, 11) is 1.63. The van der Waals surface area contributed by atoms with Gasteiger partial charge in [0.25, 0.3) is 5.91 Å². The molecule has 1 heterocycles. The molecule has 6 heteroatoms. The number of carbonyl (C=O) groups is 1. The van der Waals surface area contributed by atoms with Gasteiger partial charge in [0, 0.05) is 26.4 Å². The van der Waals surface area contributed by atoms with Gasteiger partial charge in [0.05, 0.1) is 6.61 Å². The predicted molar refractivity (Wildman–Crippen MR) is 85.9 cm³/mol. The summed E-state index contributed by atoms with van der Waals surface area (Å²) in [6.45, 7) is 1.83. The van der Waals surface area contributed by atoms with Crippen LogP contribution in [0.3, 0.4) is 0 Å². The van der Waals surface area contributed by atoms with E-state index in [0.29, 0.717) is 31.3 Å². The molecule has 1 aromatic rings. The fourth-order valence-corrected chi connectivity index (χ4v) is 2.39. The van der Waals surface area contributed by atoms with Gasteiger partial charge in [0.15, 0.2) is 0 Å². The smallest absolute Gasteiger partial charge is 0.270 e. The van der Waals surface area contributed by atoms with Crippen molar-refractivity contribution < 1.29 is 9.53 Å². The number of amides is 1. The Balaban J connectivity index is 1.78. The standard InChI is InChI=1S/C16H24N4O2/c1-22-12-11-19-16-18-10-8-14(20-16)15(21)17-9-7-13-5-3-2-4-6-13/h5,8,10H,2-4,6-7,9,11-12H2,1H3,(H,17,21)(H,18,19,20). The van der Waals surface area contributed by atoms with E-state index < -0.39 is 0 Å². The fraction of sp³-hybridized carbons (Fsp3) is 0.562. The molecule has 6 nitrogen and oxygen atoms in total. The highest BCUT2D eigenvalue weighted by molar-refractivity contribution is 5.92. The second-order valence-corrected chi connectivity index (χ2v) is 5.30. The highest BCUT2D eigenvalue weighted by atomic mass is 16.5. The molecule has 2 rings (SSSR count). The fourth-order valence-electron chi connectivity index (χ4n) is 2.39. The number of anilines is 1. The molecule has 0 radical (unpaired) electrons. The lowest BCUT2D eigenvalue weighted by Crippen LogP contribution is -2.26. The number of hydrogen-bond donors (Lipinski definition) is 2. The zero-order chi connectivity index (χ0) is 15.6. The van der Waals surface area contributed by atoms with Crippen LogP contribution in [-0.4, -0.2) is 42.7 Å². The number of hydrogen-bond acceptors (Lipinski definition) is 5. The molecule has 1 amide bonds. The molecule has 0 unspecified atom stereocenters. The van der Waals surface area contributed by atoms with Crippen LogP contribution in [0.15, 0.2) is 23.9 Å². The lowest BCUT2D eigenvalue weighted by Gasteiger charge is -2.13. The third-order valence-corrected chi connectivity index (χ3v) is 3.59. The molecular weight excluding hydrogens is 280 g/mol. The van der Waals surface area contributed by atoms with Gasteiger partial charge in [0.2, 0.25) is 5.95 Å². The van der Waals surface area contributed by atoms with Gasteiger partial charge in [-0.05, 0) is 38.2 Å². The van der Waals surface area contributed by atoms with Crippen LogP contribution in [0.25, 0.3) is 0 Å². The maximum atomic E-state index is 12.1. The Morgan fingerprint density at radius 2 is 2.27 bits per heavy atom. The van der Waals surface area contributed by atoms with Gasteiger partial charge >= 0.3 is 0 Å². The molecule has 2 N–H and O–H groups in total. The van der Waals surface area contributed by atoms with Crippen LogP contribution in [-0.2, 0) is 4.74 Å². The zero-order valence-electron chi connectivity index (χ0n) is 13.1. The lowest BCUT2D eigenvalue weighted by atomic mass is 9.97. The molecule has 0 aromatic carbocycles. The Hall–Kier alpha value is -1.95. The average molecular weight is 304 g/mol. The molecule has 0 spiro atoms. The van der Waals surface area contributed by atoms with Gasteiger partial charge in [-0.2, -0.15) is 0 Å². The van der Waals surface area contributed by atoms with E-state index >= 15 is 0 Å². The van der Waals surface area contributed by atoms with Crippen molar-refractivity contribution in [2.24, 2.45) is 0 Å². The Morgan fingerprint density at radius 1 is 1.36 bits per heavy atom. The summed E-state index contributed by atoms with van der Waals surface area (Å²) in [5.74, 6) is 0.285. The molecule has 1 aliphatic carbocycles. The van der Waals surface area contributed by atoms with Crippen LogP contribution in [0.4, 0.5) is 5.95 Å². The van der Waals surface area contributed by atoms with Crippen LogP contribution >= 0.6 is 0 Å². The van der Waals surface area contributed by atoms with Gasteiger partial charge in [0.1, 0.15) is 5.69 Å². The van der Waals surface area contributed by atoms with Gasteiger partial charge in [-0.15, -0.1) is 0 Å². The average Bonchev–Trinajstić information content (AvgIpc) is 2.56. The van der Waals surface area contributed by atoms with Gasteiger partial charge in [-0.3, -0.25) is 4.79 Å². The number of allylic oxidation sites excluding steroid dienone is 1. The van der Waals surface area contributed by atoms with Gasteiger partial charge in [-0.1, -0.05) is 11.6 Å². The van der Waals surface area contributed by atoms with E-state index in [2.05, 4.69) is 26.7 Å². The van der Waals surface area contributed by atoms with Crippen molar-refractivity contribution in [1.82, 2.24) is 15.3 Å². The minimum absolute atomic E-state index is 0.159. The molecule has 0 aliphatic heterocycles. The third-order valence-electron chi connectivity index (χ3n) is 3.59. The first-order chi connectivity index (χ1) is 10.8. The Bertz CT molecular complexity index is 517. The molecule has 120 valence electrons. The minimum Gasteiger partial charge on any atom is -0.383 e. The summed E-state index contributed by atoms with van der Waals surface area (Å²) in [5.41, 5.74) is 1.84. The molecule has 22 heavy (non-hydrogen) atoms. The SMILES string of the molecule is COCCNc1nccc(C(=O)NCCC2=CCCCC2)n1. The number of nitrogens with zero attached hydrogens (tertiary/aromatic N) is 2. The summed E-state index contributed by atoms with van der Waals surface area (Å²) in [6, 6.07) is 1.62. The molecule has 1 aliphatic rings. The number of nitrogens with one attached hydrogen (secondary N) is 2. The third kappa shape index (κ3) is 5.44. The maximum Gasteiger partial charge on any atom is 0.270 e. The quantitative estimate of drug-likeness (QED) is 0.568. The van der Waals surface area contributed by atoms with Gasteiger partial charge in [-0.25, -0.2) is 9.97 Å². The van der Waals surface area contributed by atoms with Crippen molar-refractivity contribution in [1.29, 1.82) is 0 Å². The monoisotopic (exact) mass is 304 g/mol. The number of carbonyl (C=O) groups excluding carboxylic acids is 1. The second-order valence-electron chi connectivity index (χ2n) is 5.30. The first kappa shape index (κ1) is 16.4. The zero-order valence-corrected chi connectivity index (χ0v) is 13.1. The highest BCUT2D eigenvalue weighted by Gasteiger charge is 2.09. The van der Waals surface area contributed by atoms with Crippen molar-refractivity contribution in [2.45, 2.75) is 32.1 Å². The van der Waals surface area contributed by atoms with Crippen LogP contribution < -0.4 is 10.6 Å². The molecule has 0 saturated heterocycles. The van der Waals surface area contributed by atoms with E-state index in [9.17, 15) is 4.79 Å². The topological polar surface area (TPSA) is 76.1 Å². The largest absolute Gasteiger partial charge is 0.383 e. The molecule has 1 aromatic heterocycles. The highest BCUT2D eigenvalue weighted by Crippen LogP contribution is 2.19. The van der Waals surface area contributed by atoms with Crippen LogP contribution in [0.1, 0.15) is 42.6 Å². The normalized spacial score (nSPS) is 14.3. The molecule has 0 saturated carbocycles. The number of rotatable bonds is 8. The van der Waals surface area contributed by atoms with Crippen molar-refractivity contribution >= 4 is 11.9 Å². The van der Waals surface area contributed by atoms with Gasteiger partial charge < -0.3 is 15.4 Å². The van der Waals surface area contributed by atoms with E-state index in [-0.39, 0.29) is 5.91 Å². The van der Waals surface area contributed by atoms with Crippen molar-refractivity contribution in [3.05, 3.63) is 29.6 Å². The van der Waals surface area contributed by atoms with E-state index in [1.807, 2.05) is 0 Å². The van der Waals surface area contributed by atoms with Crippen LogP contribution in [0.2, 0.25) is 0 Å². The lowest BCUT2D eigenvalue weighted by molar-refractivity contribution is 0.0949. The minimum atomic E-state index is -0.159. The predicted octanol–water partition coefficient (Wildman–Crippen LogP) is 2.16. The first-order valence-electron chi connectivity index (χ1n) is 7.81. The molecule has 0 atom stereocenters. The van der Waals surface area contributed by atoms with E-state index in [1.165, 1.54) is 24.8 Å². The second kappa shape index (κ2) is 9.15. The number of ether oxygens (including phenoxy) is 1. The molecular formula is C16H24N4O2. The van der Waals surface area contributed by atoms with Crippen molar-refractivity contribution in [2.75, 3.05) is 32.1 Å². The first-order valence-corrected chi connectivity index (χ1v) is 7.81. The van der Waals surface area contributed by atoms with Crippen LogP contribution in [0.5, 0.6) is 0 Å². The van der Waals surface area contributed by atoms with Crippen molar-refractivity contribution in [3.8, 4) is 0 Å². The summed E-state index contributed by atoms with van der Waals surface area (Å²) in [5, 5.41) is 5.93. The summed E-state index contributed by atoms with van der Waals surface area (Å²) in [6.07, 6.45) is 9.70. The van der Waals surface area contributed by atoms with E-state index in [1.54, 1.807) is 19.4 Å². The Labute approximate surface area is 131 Å². The van der Waals surface area contributed by atoms with Crippen molar-refractivity contribution in [3.63, 3.8) is 0 Å². The summed E-state index contributed by atoms with van der Waals surface area (Å²) in [4.78, 5) is 20.4.